The van der Waals surface area contributed by atoms with Gasteiger partial charge in [-0.3, -0.25) is 9.69 Å². The minimum Gasteiger partial charge on any atom is -0.481 e. The Morgan fingerprint density at radius 2 is 1.85 bits per heavy atom. The maximum Gasteiger partial charge on any atom is 0.307 e. The van der Waals surface area contributed by atoms with E-state index in [2.05, 4.69) is 36.1 Å². The van der Waals surface area contributed by atoms with Crippen molar-refractivity contribution >= 4 is 5.97 Å². The highest BCUT2D eigenvalue weighted by molar-refractivity contribution is 5.69. The molecular weight excluding hydrogens is 250 g/mol. The summed E-state index contributed by atoms with van der Waals surface area (Å²) < 4.78 is 0. The first kappa shape index (κ1) is 15.0. The van der Waals surface area contributed by atoms with Crippen molar-refractivity contribution in [2.75, 3.05) is 6.54 Å². The zero-order valence-corrected chi connectivity index (χ0v) is 12.5. The van der Waals surface area contributed by atoms with Gasteiger partial charge in [0.15, 0.2) is 0 Å². The highest BCUT2D eigenvalue weighted by Crippen LogP contribution is 2.31. The van der Waals surface area contributed by atoms with Gasteiger partial charge in [-0.2, -0.15) is 0 Å². The van der Waals surface area contributed by atoms with Gasteiger partial charge in [-0.05, 0) is 25.3 Å². The van der Waals surface area contributed by atoms with Crippen LogP contribution < -0.4 is 0 Å². The van der Waals surface area contributed by atoms with Crippen molar-refractivity contribution in [3.05, 3.63) is 35.9 Å². The van der Waals surface area contributed by atoms with Gasteiger partial charge in [-0.25, -0.2) is 0 Å². The van der Waals surface area contributed by atoms with Gasteiger partial charge in [0.25, 0.3) is 0 Å². The largest absolute Gasteiger partial charge is 0.481 e. The van der Waals surface area contributed by atoms with Crippen molar-refractivity contribution in [3.63, 3.8) is 0 Å². The van der Waals surface area contributed by atoms with Gasteiger partial charge >= 0.3 is 5.97 Å². The highest BCUT2D eigenvalue weighted by atomic mass is 16.4. The predicted octanol–water partition coefficient (Wildman–Crippen LogP) is 3.71. The highest BCUT2D eigenvalue weighted by Gasteiger charge is 2.29. The van der Waals surface area contributed by atoms with Crippen LogP contribution in [0, 0.1) is 5.92 Å². The molecule has 0 aliphatic heterocycles. The van der Waals surface area contributed by atoms with Crippen molar-refractivity contribution in [2.24, 2.45) is 5.92 Å². The van der Waals surface area contributed by atoms with Gasteiger partial charge in [0.05, 0.1) is 5.92 Å². The predicted molar refractivity (Wildman–Crippen MR) is 80.6 cm³/mol. The molecule has 20 heavy (non-hydrogen) atoms. The van der Waals surface area contributed by atoms with Crippen LogP contribution in [0.15, 0.2) is 30.3 Å². The van der Waals surface area contributed by atoms with Crippen molar-refractivity contribution in [3.8, 4) is 0 Å². The Balaban J connectivity index is 2.14. The summed E-state index contributed by atoms with van der Waals surface area (Å²) in [6.45, 7) is 4.64. The molecular formula is C17H25NO2. The number of aliphatic carboxylic acids is 1. The first-order chi connectivity index (χ1) is 9.59. The summed E-state index contributed by atoms with van der Waals surface area (Å²) >= 11 is 0. The third kappa shape index (κ3) is 3.60. The lowest BCUT2D eigenvalue weighted by Gasteiger charge is -2.36. The van der Waals surface area contributed by atoms with Gasteiger partial charge in [-0.15, -0.1) is 0 Å². The van der Waals surface area contributed by atoms with E-state index in [9.17, 15) is 9.90 Å². The monoisotopic (exact) mass is 275 g/mol. The standard InChI is InChI=1S/C17H25NO2/c1-13(17(19)20)12-18(16-10-6-7-11-16)14(2)15-8-4-3-5-9-15/h3-5,8-9,13-14,16H,6-7,10-12H2,1-2H3,(H,19,20). The Bertz CT molecular complexity index is 426. The van der Waals surface area contributed by atoms with Crippen LogP contribution in [0.25, 0.3) is 0 Å². The normalized spacial score (nSPS) is 19.1. The second kappa shape index (κ2) is 6.89. The maximum absolute atomic E-state index is 11.2. The van der Waals surface area contributed by atoms with Gasteiger partial charge in [0.1, 0.15) is 0 Å². The second-order valence-corrected chi connectivity index (χ2v) is 5.96. The average molecular weight is 275 g/mol. The first-order valence-corrected chi connectivity index (χ1v) is 7.63. The Labute approximate surface area is 121 Å². The van der Waals surface area contributed by atoms with Crippen LogP contribution in [0.4, 0.5) is 0 Å². The number of hydrogen-bond donors (Lipinski definition) is 1. The Kier molecular flexibility index (Phi) is 5.18. The fourth-order valence-corrected chi connectivity index (χ4v) is 3.18. The van der Waals surface area contributed by atoms with Crippen LogP contribution in [0.1, 0.15) is 51.1 Å². The molecule has 0 aromatic heterocycles. The molecule has 110 valence electrons. The Morgan fingerprint density at radius 1 is 1.25 bits per heavy atom. The minimum absolute atomic E-state index is 0.279. The van der Waals surface area contributed by atoms with E-state index in [-0.39, 0.29) is 12.0 Å². The quantitative estimate of drug-likeness (QED) is 0.860. The zero-order valence-electron chi connectivity index (χ0n) is 12.5. The fourth-order valence-electron chi connectivity index (χ4n) is 3.18. The van der Waals surface area contributed by atoms with Gasteiger partial charge in [0, 0.05) is 18.6 Å². The van der Waals surface area contributed by atoms with Crippen LogP contribution in [0.3, 0.4) is 0 Å². The molecule has 0 amide bonds. The molecule has 2 atom stereocenters. The molecule has 1 saturated carbocycles. The second-order valence-electron chi connectivity index (χ2n) is 5.96. The van der Waals surface area contributed by atoms with E-state index < -0.39 is 5.97 Å². The molecule has 3 heteroatoms. The smallest absolute Gasteiger partial charge is 0.307 e. The van der Waals surface area contributed by atoms with Crippen molar-refractivity contribution in [1.82, 2.24) is 4.90 Å². The molecule has 1 aliphatic carbocycles. The molecule has 0 heterocycles. The molecule has 2 unspecified atom stereocenters. The van der Waals surface area contributed by atoms with Crippen LogP contribution >= 0.6 is 0 Å². The third-order valence-electron chi connectivity index (χ3n) is 4.48. The van der Waals surface area contributed by atoms with E-state index in [0.717, 1.165) is 0 Å². The first-order valence-electron chi connectivity index (χ1n) is 7.63. The van der Waals surface area contributed by atoms with Crippen LogP contribution in [-0.2, 0) is 4.79 Å². The van der Waals surface area contributed by atoms with Crippen LogP contribution in [-0.4, -0.2) is 28.6 Å². The summed E-state index contributed by atoms with van der Waals surface area (Å²) in [4.78, 5) is 13.6. The zero-order chi connectivity index (χ0) is 14.5. The molecule has 1 aromatic rings. The topological polar surface area (TPSA) is 40.5 Å². The molecule has 1 N–H and O–H groups in total. The van der Waals surface area contributed by atoms with E-state index >= 15 is 0 Å². The van der Waals surface area contributed by atoms with Crippen molar-refractivity contribution in [2.45, 2.75) is 51.6 Å². The number of carbonyl (C=O) groups is 1. The fraction of sp³-hybridized carbons (Fsp3) is 0.588. The molecule has 0 bridgehead atoms. The molecule has 1 aliphatic rings. The number of nitrogens with zero attached hydrogens (tertiary/aromatic N) is 1. The SMILES string of the molecule is CC(CN(C1CCCC1)C(C)c1ccccc1)C(=O)O. The number of benzene rings is 1. The van der Waals surface area contributed by atoms with Gasteiger partial charge in [0.2, 0.25) is 0 Å². The van der Waals surface area contributed by atoms with Crippen LogP contribution in [0.2, 0.25) is 0 Å². The van der Waals surface area contributed by atoms with E-state index in [1.807, 2.05) is 13.0 Å². The number of hydrogen-bond acceptors (Lipinski definition) is 2. The Hall–Kier alpha value is -1.35. The van der Waals surface area contributed by atoms with E-state index in [1.165, 1.54) is 31.2 Å². The molecule has 2 rings (SSSR count). The summed E-state index contributed by atoms with van der Waals surface area (Å²) in [6.07, 6.45) is 4.93. The lowest BCUT2D eigenvalue weighted by atomic mass is 10.0. The number of carboxylic acids is 1. The lowest BCUT2D eigenvalue weighted by molar-refractivity contribution is -0.142. The van der Waals surface area contributed by atoms with E-state index in [4.69, 9.17) is 0 Å². The van der Waals surface area contributed by atoms with E-state index in [0.29, 0.717) is 12.6 Å². The molecule has 0 radical (unpaired) electrons. The van der Waals surface area contributed by atoms with Crippen molar-refractivity contribution in [1.29, 1.82) is 0 Å². The maximum atomic E-state index is 11.2. The summed E-state index contributed by atoms with van der Waals surface area (Å²) in [5.41, 5.74) is 1.27. The summed E-state index contributed by atoms with van der Waals surface area (Å²) in [5.74, 6) is -1.02. The molecule has 1 fully saturated rings. The Morgan fingerprint density at radius 3 is 2.40 bits per heavy atom. The number of carboxylic acid groups (broad SMARTS) is 1. The minimum atomic E-state index is -0.701. The molecule has 0 saturated heterocycles. The van der Waals surface area contributed by atoms with E-state index in [1.54, 1.807) is 0 Å². The molecule has 3 nitrogen and oxygen atoms in total. The third-order valence-corrected chi connectivity index (χ3v) is 4.48. The summed E-state index contributed by atoms with van der Waals surface area (Å²) in [7, 11) is 0. The lowest BCUT2D eigenvalue weighted by Crippen LogP contribution is -2.40. The average Bonchev–Trinajstić information content (AvgIpc) is 2.98. The number of rotatable bonds is 6. The van der Waals surface area contributed by atoms with Crippen molar-refractivity contribution < 1.29 is 9.90 Å². The summed E-state index contributed by atoms with van der Waals surface area (Å²) in [6, 6.07) is 11.2. The van der Waals surface area contributed by atoms with Gasteiger partial charge in [-0.1, -0.05) is 50.1 Å². The molecule has 0 spiro atoms. The summed E-state index contributed by atoms with van der Waals surface area (Å²) in [5, 5.41) is 9.20. The van der Waals surface area contributed by atoms with Gasteiger partial charge < -0.3 is 5.11 Å². The van der Waals surface area contributed by atoms with Crippen LogP contribution in [0.5, 0.6) is 0 Å². The molecule has 1 aromatic carbocycles.